The van der Waals surface area contributed by atoms with Crippen LogP contribution in [0.25, 0.3) is 0 Å². The molecule has 0 saturated carbocycles. The molecule has 0 fully saturated rings. The number of carboxylic acids is 4. The van der Waals surface area contributed by atoms with Crippen LogP contribution in [-0.4, -0.2) is 131 Å². The lowest BCUT2D eigenvalue weighted by Crippen LogP contribution is -2.44. The molecule has 0 aliphatic rings. The molecule has 0 bridgehead atoms. The maximum Gasteiger partial charge on any atom is 0.317 e. The molecule has 0 saturated heterocycles. The molecule has 0 aromatic rings. The van der Waals surface area contributed by atoms with Gasteiger partial charge >= 0.3 is 23.9 Å². The quantitative estimate of drug-likeness (QED) is 0.149. The number of hydrogen-bond acceptors (Lipinski definition) is 8. The Morgan fingerprint density at radius 2 is 0.903 bits per heavy atom. The molecule has 0 unspecified atom stereocenters. The van der Waals surface area contributed by atoms with Crippen LogP contribution in [0.2, 0.25) is 0 Å². The third-order valence-corrected chi connectivity index (χ3v) is 4.40. The average molecular weight is 448 g/mol. The van der Waals surface area contributed by atoms with Crippen molar-refractivity contribution < 1.29 is 44.4 Å². The van der Waals surface area contributed by atoms with Gasteiger partial charge < -0.3 is 30.6 Å². The van der Waals surface area contributed by atoms with Crippen molar-refractivity contribution in [1.29, 1.82) is 0 Å². The van der Waals surface area contributed by atoms with E-state index in [0.29, 0.717) is 13.1 Å². The molecular weight excluding hydrogens is 416 g/mol. The second-order valence-corrected chi connectivity index (χ2v) is 6.89. The van der Waals surface area contributed by atoms with Gasteiger partial charge in [-0.3, -0.25) is 33.8 Å². The summed E-state index contributed by atoms with van der Waals surface area (Å²) in [6.07, 6.45) is -0.538. The molecule has 31 heavy (non-hydrogen) atoms. The van der Waals surface area contributed by atoms with Crippen LogP contribution >= 0.6 is 0 Å². The predicted octanol–water partition coefficient (Wildman–Crippen LogP) is -1.85. The number of aliphatic carboxylic acids is 4. The van der Waals surface area contributed by atoms with E-state index in [4.69, 9.17) is 20.4 Å². The minimum absolute atomic E-state index is 0.0136. The average Bonchev–Trinajstić information content (AvgIpc) is 2.67. The number of carbonyl (C=O) groups excluding carboxylic acids is 1. The minimum atomic E-state index is -1.10. The molecule has 0 radical (unpaired) electrons. The lowest BCUT2D eigenvalue weighted by atomic mass is 10.3. The molecule has 0 rings (SSSR count). The summed E-state index contributed by atoms with van der Waals surface area (Å²) >= 11 is 0. The fourth-order valence-corrected chi connectivity index (χ4v) is 2.68. The van der Waals surface area contributed by atoms with Crippen LogP contribution in [0, 0.1) is 0 Å². The standard InChI is InChI=1S/C18H32N4O9/c1-19-14(23)12-21(6-3-16(26)27)10-8-20(5-2-15(24)25)9-11-22(13-18(30)31)7-4-17(28)29/h2-13H2,1H3,(H,19,23)(H,24,25)(H,26,27)(H,28,29)(H,30,31). The minimum Gasteiger partial charge on any atom is -0.481 e. The monoisotopic (exact) mass is 448 g/mol. The van der Waals surface area contributed by atoms with Crippen LogP contribution in [0.15, 0.2) is 0 Å². The number of carboxylic acid groups (broad SMARTS) is 4. The van der Waals surface area contributed by atoms with Crippen molar-refractivity contribution >= 4 is 29.8 Å². The normalized spacial score (nSPS) is 11.1. The molecule has 0 heterocycles. The van der Waals surface area contributed by atoms with Crippen molar-refractivity contribution in [2.75, 3.05) is 66.0 Å². The van der Waals surface area contributed by atoms with E-state index >= 15 is 0 Å². The Bertz CT molecular complexity index is 615. The Hall–Kier alpha value is -2.77. The van der Waals surface area contributed by atoms with E-state index < -0.39 is 23.9 Å². The fourth-order valence-electron chi connectivity index (χ4n) is 2.68. The number of carbonyl (C=O) groups is 5. The molecule has 0 aliphatic carbocycles. The van der Waals surface area contributed by atoms with Crippen molar-refractivity contribution in [3.05, 3.63) is 0 Å². The van der Waals surface area contributed by atoms with Crippen LogP contribution in [-0.2, 0) is 24.0 Å². The zero-order valence-electron chi connectivity index (χ0n) is 17.7. The molecule has 0 aromatic carbocycles. The van der Waals surface area contributed by atoms with Gasteiger partial charge in [0.05, 0.1) is 32.4 Å². The molecule has 0 atom stereocenters. The molecule has 0 aromatic heterocycles. The molecule has 13 heteroatoms. The van der Waals surface area contributed by atoms with Crippen LogP contribution in [0.1, 0.15) is 19.3 Å². The second-order valence-electron chi connectivity index (χ2n) is 6.89. The van der Waals surface area contributed by atoms with Crippen molar-refractivity contribution in [2.24, 2.45) is 0 Å². The highest BCUT2D eigenvalue weighted by atomic mass is 16.4. The maximum absolute atomic E-state index is 11.7. The molecule has 178 valence electrons. The van der Waals surface area contributed by atoms with Crippen LogP contribution in [0.3, 0.4) is 0 Å². The lowest BCUT2D eigenvalue weighted by molar-refractivity contribution is -0.141. The van der Waals surface area contributed by atoms with E-state index in [1.807, 2.05) is 0 Å². The predicted molar refractivity (Wildman–Crippen MR) is 108 cm³/mol. The molecule has 1 amide bonds. The second kappa shape index (κ2) is 16.0. The Morgan fingerprint density at radius 1 is 0.548 bits per heavy atom. The molecule has 0 aliphatic heterocycles. The number of nitrogens with zero attached hydrogens (tertiary/aromatic N) is 3. The third-order valence-electron chi connectivity index (χ3n) is 4.40. The number of nitrogens with one attached hydrogen (secondary N) is 1. The van der Waals surface area contributed by atoms with Gasteiger partial charge in [0.1, 0.15) is 0 Å². The SMILES string of the molecule is CNC(=O)CN(CCC(=O)O)CCN(CCC(=O)O)CCN(CCC(=O)O)CC(=O)O. The highest BCUT2D eigenvalue weighted by Gasteiger charge is 2.17. The van der Waals surface area contributed by atoms with Gasteiger partial charge in [-0.05, 0) is 0 Å². The summed E-state index contributed by atoms with van der Waals surface area (Å²) in [6.45, 7) is 1.10. The van der Waals surface area contributed by atoms with E-state index in [-0.39, 0.29) is 71.0 Å². The molecular formula is C18H32N4O9. The third kappa shape index (κ3) is 16.7. The fraction of sp³-hybridized carbons (Fsp3) is 0.722. The van der Waals surface area contributed by atoms with Gasteiger partial charge in [-0.25, -0.2) is 0 Å². The summed E-state index contributed by atoms with van der Waals surface area (Å²) in [7, 11) is 1.46. The summed E-state index contributed by atoms with van der Waals surface area (Å²) in [5.74, 6) is -4.46. The smallest absolute Gasteiger partial charge is 0.317 e. The highest BCUT2D eigenvalue weighted by Crippen LogP contribution is 2.00. The largest absolute Gasteiger partial charge is 0.481 e. The zero-order chi connectivity index (χ0) is 23.8. The first-order valence-electron chi connectivity index (χ1n) is 9.78. The van der Waals surface area contributed by atoms with Gasteiger partial charge in [0.2, 0.25) is 5.91 Å². The molecule has 5 N–H and O–H groups in total. The Morgan fingerprint density at radius 3 is 1.26 bits per heavy atom. The highest BCUT2D eigenvalue weighted by molar-refractivity contribution is 5.77. The van der Waals surface area contributed by atoms with Gasteiger partial charge in [0.25, 0.3) is 0 Å². The summed E-state index contributed by atoms with van der Waals surface area (Å²) in [6, 6.07) is 0. The first-order chi connectivity index (χ1) is 14.5. The van der Waals surface area contributed by atoms with E-state index in [9.17, 15) is 24.0 Å². The molecule has 0 spiro atoms. The van der Waals surface area contributed by atoms with Crippen LogP contribution < -0.4 is 5.32 Å². The van der Waals surface area contributed by atoms with Gasteiger partial charge in [0, 0.05) is 52.9 Å². The number of hydrogen-bond donors (Lipinski definition) is 5. The lowest BCUT2D eigenvalue weighted by Gasteiger charge is -2.29. The van der Waals surface area contributed by atoms with Crippen molar-refractivity contribution in [3.8, 4) is 0 Å². The van der Waals surface area contributed by atoms with E-state index in [2.05, 4.69) is 5.32 Å². The van der Waals surface area contributed by atoms with E-state index in [0.717, 1.165) is 0 Å². The number of rotatable bonds is 19. The summed E-state index contributed by atoms with van der Waals surface area (Å²) in [4.78, 5) is 60.1. The Kier molecular flexibility index (Phi) is 14.6. The summed E-state index contributed by atoms with van der Waals surface area (Å²) < 4.78 is 0. The van der Waals surface area contributed by atoms with Crippen LogP contribution in [0.4, 0.5) is 0 Å². The summed E-state index contributed by atoms with van der Waals surface area (Å²) in [5.41, 5.74) is 0. The van der Waals surface area contributed by atoms with Crippen molar-refractivity contribution in [3.63, 3.8) is 0 Å². The van der Waals surface area contributed by atoms with Crippen molar-refractivity contribution in [2.45, 2.75) is 19.3 Å². The van der Waals surface area contributed by atoms with Crippen molar-refractivity contribution in [1.82, 2.24) is 20.0 Å². The van der Waals surface area contributed by atoms with Gasteiger partial charge in [-0.15, -0.1) is 0 Å². The van der Waals surface area contributed by atoms with Gasteiger partial charge in [-0.1, -0.05) is 0 Å². The van der Waals surface area contributed by atoms with Crippen LogP contribution in [0.5, 0.6) is 0 Å². The van der Waals surface area contributed by atoms with Gasteiger partial charge in [-0.2, -0.15) is 0 Å². The van der Waals surface area contributed by atoms with E-state index in [1.54, 1.807) is 9.80 Å². The number of likely N-dealkylation sites (N-methyl/N-ethyl adjacent to an activating group) is 1. The topological polar surface area (TPSA) is 188 Å². The number of amides is 1. The first-order valence-corrected chi connectivity index (χ1v) is 9.78. The zero-order valence-corrected chi connectivity index (χ0v) is 17.7. The van der Waals surface area contributed by atoms with Gasteiger partial charge in [0.15, 0.2) is 0 Å². The molecule has 13 nitrogen and oxygen atoms in total. The van der Waals surface area contributed by atoms with E-state index in [1.165, 1.54) is 11.9 Å². The Balaban J connectivity index is 4.99. The Labute approximate surface area is 180 Å². The summed E-state index contributed by atoms with van der Waals surface area (Å²) in [5, 5.41) is 38.1. The first kappa shape index (κ1) is 28.2. The maximum atomic E-state index is 11.7.